The van der Waals surface area contributed by atoms with Crippen molar-refractivity contribution in [2.24, 2.45) is 0 Å². The molecule has 0 saturated carbocycles. The largest absolute Gasteiger partial charge is 0.481 e. The summed E-state index contributed by atoms with van der Waals surface area (Å²) in [5.74, 6) is -0.674. The third-order valence-corrected chi connectivity index (χ3v) is 4.65. The molecule has 0 saturated heterocycles. The van der Waals surface area contributed by atoms with Crippen LogP contribution in [0, 0.1) is 0 Å². The molecule has 0 aliphatic rings. The highest BCUT2D eigenvalue weighted by atomic mass is 16.4. The van der Waals surface area contributed by atoms with Crippen molar-refractivity contribution in [2.45, 2.75) is 105 Å². The maximum absolute atomic E-state index is 10.4. The Bertz CT molecular complexity index is 502. The Hall–Kier alpha value is -1.57. The predicted molar refractivity (Wildman–Crippen MR) is 119 cm³/mol. The van der Waals surface area contributed by atoms with E-state index < -0.39 is 5.97 Å². The molecule has 27 heavy (non-hydrogen) atoms. The second-order valence-electron chi connectivity index (χ2n) is 7.87. The zero-order valence-corrected chi connectivity index (χ0v) is 18.2. The fourth-order valence-electron chi connectivity index (χ4n) is 2.89. The fraction of sp³-hybridized carbons (Fsp3) is 0.640. The van der Waals surface area contributed by atoms with Crippen molar-refractivity contribution in [2.75, 3.05) is 0 Å². The van der Waals surface area contributed by atoms with Gasteiger partial charge in [0.2, 0.25) is 0 Å². The quantitative estimate of drug-likeness (QED) is 0.218. The molecular weight excluding hydrogens is 332 g/mol. The Labute approximate surface area is 168 Å². The van der Waals surface area contributed by atoms with E-state index in [9.17, 15) is 4.79 Å². The molecule has 0 heterocycles. The van der Waals surface area contributed by atoms with Crippen molar-refractivity contribution < 1.29 is 9.90 Å². The van der Waals surface area contributed by atoms with E-state index >= 15 is 0 Å². The summed E-state index contributed by atoms with van der Waals surface area (Å²) in [6.07, 6.45) is 24.2. The Balaban J connectivity index is 3.67. The van der Waals surface area contributed by atoms with Gasteiger partial charge in [-0.2, -0.15) is 0 Å². The minimum atomic E-state index is -0.674. The average molecular weight is 375 g/mol. The van der Waals surface area contributed by atoms with Gasteiger partial charge in [-0.1, -0.05) is 66.4 Å². The summed E-state index contributed by atoms with van der Waals surface area (Å²) in [6.45, 7) is 8.80. The molecule has 0 unspecified atom stereocenters. The van der Waals surface area contributed by atoms with Gasteiger partial charge in [0.1, 0.15) is 0 Å². The lowest BCUT2D eigenvalue weighted by Gasteiger charge is -2.01. The van der Waals surface area contributed by atoms with Crippen LogP contribution >= 0.6 is 0 Å². The van der Waals surface area contributed by atoms with E-state index in [4.69, 9.17) is 5.11 Å². The number of unbranched alkanes of at least 4 members (excludes halogenated alkanes) is 5. The van der Waals surface area contributed by atoms with Crippen LogP contribution in [0.25, 0.3) is 0 Å². The molecular formula is C25H42O2. The molecule has 154 valence electrons. The molecule has 0 bridgehead atoms. The molecule has 0 aliphatic carbocycles. The number of aliphatic carboxylic acids is 1. The summed E-state index contributed by atoms with van der Waals surface area (Å²) in [6, 6.07) is 0. The second kappa shape index (κ2) is 17.8. The van der Waals surface area contributed by atoms with Crippen LogP contribution in [0.15, 0.2) is 47.1 Å². The molecule has 0 atom stereocenters. The number of hydrogen-bond acceptors (Lipinski definition) is 1. The van der Waals surface area contributed by atoms with Crippen LogP contribution in [0.3, 0.4) is 0 Å². The molecule has 2 heteroatoms. The number of carboxylic acid groups (broad SMARTS) is 1. The van der Waals surface area contributed by atoms with E-state index in [0.29, 0.717) is 6.42 Å². The standard InChI is InChI=1S/C25H42O2/c1-22(2)16-14-18-24(4)20-15-19-23(3)17-12-10-8-6-5-7-9-11-13-21-25(26)27/h8,10,16-17,20H,5-7,9,11-15,18-19,21H2,1-4H3,(H,26,27). The molecule has 0 amide bonds. The van der Waals surface area contributed by atoms with Crippen molar-refractivity contribution >= 4 is 5.97 Å². The van der Waals surface area contributed by atoms with E-state index in [-0.39, 0.29) is 0 Å². The van der Waals surface area contributed by atoms with Gasteiger partial charge in [-0.25, -0.2) is 0 Å². The van der Waals surface area contributed by atoms with Crippen molar-refractivity contribution in [1.82, 2.24) is 0 Å². The molecule has 0 radical (unpaired) electrons. The van der Waals surface area contributed by atoms with Crippen molar-refractivity contribution in [3.05, 3.63) is 47.1 Å². The summed E-state index contributed by atoms with van der Waals surface area (Å²) in [7, 11) is 0. The van der Waals surface area contributed by atoms with Crippen LogP contribution < -0.4 is 0 Å². The Morgan fingerprint density at radius 1 is 0.667 bits per heavy atom. The van der Waals surface area contributed by atoms with Crippen LogP contribution in [0.2, 0.25) is 0 Å². The molecule has 0 rings (SSSR count). The summed E-state index contributed by atoms with van der Waals surface area (Å²) < 4.78 is 0. The molecule has 0 spiro atoms. The van der Waals surface area contributed by atoms with Gasteiger partial charge in [-0.05, 0) is 79.1 Å². The van der Waals surface area contributed by atoms with Crippen LogP contribution in [-0.4, -0.2) is 11.1 Å². The number of carboxylic acids is 1. The highest BCUT2D eigenvalue weighted by Crippen LogP contribution is 2.12. The number of hydrogen-bond donors (Lipinski definition) is 1. The topological polar surface area (TPSA) is 37.3 Å². The van der Waals surface area contributed by atoms with E-state index in [0.717, 1.165) is 51.4 Å². The maximum atomic E-state index is 10.4. The predicted octanol–water partition coefficient (Wildman–Crippen LogP) is 8.17. The first-order chi connectivity index (χ1) is 12.9. The van der Waals surface area contributed by atoms with Crippen LogP contribution in [0.4, 0.5) is 0 Å². The minimum absolute atomic E-state index is 0.316. The Morgan fingerprint density at radius 3 is 1.93 bits per heavy atom. The van der Waals surface area contributed by atoms with E-state index in [1.165, 1.54) is 36.0 Å². The van der Waals surface area contributed by atoms with Gasteiger partial charge in [0, 0.05) is 6.42 Å². The van der Waals surface area contributed by atoms with Crippen molar-refractivity contribution in [3.8, 4) is 0 Å². The second-order valence-corrected chi connectivity index (χ2v) is 7.87. The molecule has 0 aromatic rings. The molecule has 0 aliphatic heterocycles. The molecule has 0 aromatic carbocycles. The third kappa shape index (κ3) is 20.6. The lowest BCUT2D eigenvalue weighted by Crippen LogP contribution is -1.93. The van der Waals surface area contributed by atoms with Gasteiger partial charge in [-0.3, -0.25) is 4.79 Å². The maximum Gasteiger partial charge on any atom is 0.303 e. The van der Waals surface area contributed by atoms with Gasteiger partial charge in [0.05, 0.1) is 0 Å². The van der Waals surface area contributed by atoms with Gasteiger partial charge >= 0.3 is 5.97 Å². The normalized spacial score (nSPS) is 12.6. The number of allylic oxidation sites excluding steroid dienone is 8. The third-order valence-electron chi connectivity index (χ3n) is 4.65. The van der Waals surface area contributed by atoms with Gasteiger partial charge < -0.3 is 5.11 Å². The summed E-state index contributed by atoms with van der Waals surface area (Å²) >= 11 is 0. The lowest BCUT2D eigenvalue weighted by molar-refractivity contribution is -0.137. The van der Waals surface area contributed by atoms with Gasteiger partial charge in [0.25, 0.3) is 0 Å². The van der Waals surface area contributed by atoms with Gasteiger partial charge in [0.15, 0.2) is 0 Å². The zero-order valence-electron chi connectivity index (χ0n) is 18.2. The van der Waals surface area contributed by atoms with Crippen LogP contribution in [-0.2, 0) is 4.79 Å². The zero-order chi connectivity index (χ0) is 20.3. The highest BCUT2D eigenvalue weighted by Gasteiger charge is 1.96. The van der Waals surface area contributed by atoms with Crippen molar-refractivity contribution in [3.63, 3.8) is 0 Å². The Kier molecular flexibility index (Phi) is 16.8. The highest BCUT2D eigenvalue weighted by molar-refractivity contribution is 5.66. The summed E-state index contributed by atoms with van der Waals surface area (Å²) in [4.78, 5) is 10.4. The molecule has 1 N–H and O–H groups in total. The first-order valence-corrected chi connectivity index (χ1v) is 10.7. The fourth-order valence-corrected chi connectivity index (χ4v) is 2.89. The molecule has 0 aromatic heterocycles. The minimum Gasteiger partial charge on any atom is -0.481 e. The van der Waals surface area contributed by atoms with Gasteiger partial charge in [-0.15, -0.1) is 0 Å². The SMILES string of the molecule is CC(C)=CCCC(C)=CCCC(C)=CCC=CCCCCCCCC(=O)O. The van der Waals surface area contributed by atoms with E-state index in [1.54, 1.807) is 0 Å². The first-order valence-electron chi connectivity index (χ1n) is 10.7. The monoisotopic (exact) mass is 374 g/mol. The van der Waals surface area contributed by atoms with E-state index in [1.807, 2.05) is 0 Å². The average Bonchev–Trinajstić information content (AvgIpc) is 2.59. The van der Waals surface area contributed by atoms with Crippen LogP contribution in [0.1, 0.15) is 105 Å². The van der Waals surface area contributed by atoms with Crippen LogP contribution in [0.5, 0.6) is 0 Å². The number of carbonyl (C=O) groups is 1. The molecule has 2 nitrogen and oxygen atoms in total. The summed E-state index contributed by atoms with van der Waals surface area (Å²) in [5, 5.41) is 8.58. The Morgan fingerprint density at radius 2 is 1.26 bits per heavy atom. The van der Waals surface area contributed by atoms with Crippen molar-refractivity contribution in [1.29, 1.82) is 0 Å². The first kappa shape index (κ1) is 25.4. The smallest absolute Gasteiger partial charge is 0.303 e. The molecule has 0 fully saturated rings. The van der Waals surface area contributed by atoms with E-state index in [2.05, 4.69) is 58.1 Å². The lowest BCUT2D eigenvalue weighted by atomic mass is 10.1. The number of rotatable bonds is 16. The summed E-state index contributed by atoms with van der Waals surface area (Å²) in [5.41, 5.74) is 4.39.